The van der Waals surface area contributed by atoms with Gasteiger partial charge in [-0.2, -0.15) is 0 Å². The maximum atomic E-state index is 10.3. The summed E-state index contributed by atoms with van der Waals surface area (Å²) in [5.74, 6) is 0.311. The molecule has 3 rings (SSSR count). The molecule has 1 fully saturated rings. The molecule has 0 spiro atoms. The zero-order chi connectivity index (χ0) is 25.0. The third-order valence-corrected chi connectivity index (χ3v) is 16.5. The zero-order valence-electron chi connectivity index (χ0n) is 21.7. The quantitative estimate of drug-likeness (QED) is 0.576. The van der Waals surface area contributed by atoms with Crippen molar-refractivity contribution in [2.24, 2.45) is 0 Å². The molecule has 3 heterocycles. The summed E-state index contributed by atoms with van der Waals surface area (Å²) in [6, 6.07) is 0. The van der Waals surface area contributed by atoms with E-state index in [-0.39, 0.29) is 16.7 Å². The van der Waals surface area contributed by atoms with E-state index in [0.717, 1.165) is 0 Å². The SMILES string of the molecule is CC(C)(C)[Si](C)(C)OC1C(O[Si](C)(C)C(C)(C)C)[C@@H](CO)OC1n1cnc2c(N)ncnc21. The van der Waals surface area contributed by atoms with Gasteiger partial charge >= 0.3 is 0 Å². The first-order chi connectivity index (χ1) is 15.0. The normalized spacial score (nSPS) is 25.2. The molecule has 0 aromatic carbocycles. The van der Waals surface area contributed by atoms with Crippen LogP contribution in [-0.4, -0.2) is 66.2 Å². The molecule has 186 valence electrons. The molecule has 0 radical (unpaired) electrons. The number of hydrogen-bond donors (Lipinski definition) is 2. The molecule has 1 aliphatic rings. The average Bonchev–Trinajstić information content (AvgIpc) is 3.22. The molecule has 2 aromatic rings. The van der Waals surface area contributed by atoms with Gasteiger partial charge in [-0.05, 0) is 36.3 Å². The highest BCUT2D eigenvalue weighted by Gasteiger charge is 2.54. The first kappa shape index (κ1) is 26.2. The first-order valence-electron chi connectivity index (χ1n) is 11.5. The number of hydrogen-bond acceptors (Lipinski definition) is 8. The highest BCUT2D eigenvalue weighted by Crippen LogP contribution is 2.46. The molecule has 1 aliphatic heterocycles. The van der Waals surface area contributed by atoms with Gasteiger partial charge in [0.15, 0.2) is 34.3 Å². The Hall–Kier alpha value is -1.38. The van der Waals surface area contributed by atoms with Crippen LogP contribution in [0, 0.1) is 0 Å². The molecule has 0 bridgehead atoms. The number of imidazole rings is 1. The topological polar surface area (TPSA) is 118 Å². The number of aliphatic hydroxyl groups is 1. The van der Waals surface area contributed by atoms with Crippen molar-refractivity contribution in [1.82, 2.24) is 19.5 Å². The molecule has 2 aromatic heterocycles. The Morgan fingerprint density at radius 3 is 2.03 bits per heavy atom. The van der Waals surface area contributed by atoms with Crippen molar-refractivity contribution in [3.8, 4) is 0 Å². The van der Waals surface area contributed by atoms with Crippen LogP contribution in [-0.2, 0) is 13.6 Å². The molecule has 0 amide bonds. The van der Waals surface area contributed by atoms with E-state index < -0.39 is 41.2 Å². The number of nitrogen functional groups attached to an aromatic ring is 1. The molecule has 11 heteroatoms. The van der Waals surface area contributed by atoms with Gasteiger partial charge in [0.25, 0.3) is 0 Å². The molecular weight excluding hydrogens is 454 g/mol. The average molecular weight is 496 g/mol. The van der Waals surface area contributed by atoms with E-state index >= 15 is 0 Å². The minimum atomic E-state index is -2.23. The number of aliphatic hydroxyl groups excluding tert-OH is 1. The number of nitrogens with two attached hydrogens (primary N) is 1. The largest absolute Gasteiger partial charge is 0.408 e. The van der Waals surface area contributed by atoms with Gasteiger partial charge in [0.05, 0.1) is 12.9 Å². The molecule has 3 unspecified atom stereocenters. The molecule has 0 saturated carbocycles. The van der Waals surface area contributed by atoms with Crippen LogP contribution in [0.1, 0.15) is 47.8 Å². The van der Waals surface area contributed by atoms with Crippen LogP contribution >= 0.6 is 0 Å². The van der Waals surface area contributed by atoms with Gasteiger partial charge in [-0.25, -0.2) is 15.0 Å². The Bertz CT molecular complexity index is 983. The van der Waals surface area contributed by atoms with Crippen molar-refractivity contribution >= 4 is 33.6 Å². The third-order valence-electron chi connectivity index (χ3n) is 7.60. The van der Waals surface area contributed by atoms with E-state index in [1.165, 1.54) is 6.33 Å². The Morgan fingerprint density at radius 1 is 0.970 bits per heavy atom. The molecular formula is C22H41N5O4Si2. The first-order valence-corrected chi connectivity index (χ1v) is 17.4. The van der Waals surface area contributed by atoms with Crippen LogP contribution in [0.3, 0.4) is 0 Å². The lowest BCUT2D eigenvalue weighted by Gasteiger charge is -2.44. The molecule has 33 heavy (non-hydrogen) atoms. The summed E-state index contributed by atoms with van der Waals surface area (Å²) in [7, 11) is -4.42. The number of anilines is 1. The molecule has 0 aliphatic carbocycles. The monoisotopic (exact) mass is 495 g/mol. The van der Waals surface area contributed by atoms with E-state index in [1.807, 2.05) is 4.57 Å². The predicted octanol–water partition coefficient (Wildman–Crippen LogP) is 4.08. The fourth-order valence-corrected chi connectivity index (χ4v) is 6.04. The molecule has 1 saturated heterocycles. The van der Waals surface area contributed by atoms with Gasteiger partial charge in [0.2, 0.25) is 0 Å². The second-order valence-electron chi connectivity index (χ2n) is 12.0. The summed E-state index contributed by atoms with van der Waals surface area (Å²) >= 11 is 0. The lowest BCUT2D eigenvalue weighted by atomic mass is 10.1. The van der Waals surface area contributed by atoms with E-state index in [4.69, 9.17) is 19.3 Å². The van der Waals surface area contributed by atoms with Crippen molar-refractivity contribution < 1.29 is 18.7 Å². The Balaban J connectivity index is 2.10. The summed E-state index contributed by atoms with van der Waals surface area (Å²) in [4.78, 5) is 12.9. The summed E-state index contributed by atoms with van der Waals surface area (Å²) in [6.45, 7) is 21.9. The van der Waals surface area contributed by atoms with Crippen molar-refractivity contribution in [3.05, 3.63) is 12.7 Å². The van der Waals surface area contributed by atoms with Crippen LogP contribution in [0.15, 0.2) is 12.7 Å². The second-order valence-corrected chi connectivity index (χ2v) is 21.5. The minimum Gasteiger partial charge on any atom is -0.408 e. The Kier molecular flexibility index (Phi) is 6.90. The summed E-state index contributed by atoms with van der Waals surface area (Å²) in [5, 5.41) is 10.3. The standard InChI is InChI=1S/C22H41N5O4Si2/c1-21(2,3)32(7,8)30-16-14(11-28)29-20(17(16)31-33(9,10)22(4,5)6)27-13-26-15-18(23)24-12-25-19(15)27/h12-14,16-17,20,28H,11H2,1-10H3,(H2,23,24,25)/t14-,16?,17?,20?/m1/s1. The highest BCUT2D eigenvalue weighted by molar-refractivity contribution is 6.74. The lowest BCUT2D eigenvalue weighted by Crippen LogP contribution is -2.53. The number of fused-ring (bicyclic) bond motifs is 1. The smallest absolute Gasteiger partial charge is 0.192 e. The fraction of sp³-hybridized carbons (Fsp3) is 0.773. The van der Waals surface area contributed by atoms with Crippen LogP contribution in [0.5, 0.6) is 0 Å². The van der Waals surface area contributed by atoms with Gasteiger partial charge in [-0.1, -0.05) is 41.5 Å². The van der Waals surface area contributed by atoms with Gasteiger partial charge in [-0.15, -0.1) is 0 Å². The Labute approximate surface area is 199 Å². The number of aromatic nitrogens is 4. The number of ether oxygens (including phenoxy) is 1. The predicted molar refractivity (Wildman–Crippen MR) is 135 cm³/mol. The van der Waals surface area contributed by atoms with Crippen LogP contribution in [0.25, 0.3) is 11.2 Å². The highest BCUT2D eigenvalue weighted by atomic mass is 28.4. The molecule has 3 N–H and O–H groups in total. The maximum Gasteiger partial charge on any atom is 0.192 e. The van der Waals surface area contributed by atoms with E-state index in [1.54, 1.807) is 6.33 Å². The van der Waals surface area contributed by atoms with E-state index in [2.05, 4.69) is 82.7 Å². The Morgan fingerprint density at radius 2 is 1.52 bits per heavy atom. The molecule has 4 atom stereocenters. The number of nitrogens with zero attached hydrogens (tertiary/aromatic N) is 4. The van der Waals surface area contributed by atoms with Gasteiger partial charge in [0, 0.05) is 0 Å². The van der Waals surface area contributed by atoms with Crippen LogP contribution in [0.4, 0.5) is 5.82 Å². The van der Waals surface area contributed by atoms with E-state index in [0.29, 0.717) is 17.0 Å². The molecule has 9 nitrogen and oxygen atoms in total. The van der Waals surface area contributed by atoms with Gasteiger partial charge in [-0.3, -0.25) is 4.57 Å². The van der Waals surface area contributed by atoms with Crippen LogP contribution < -0.4 is 5.73 Å². The van der Waals surface area contributed by atoms with E-state index in [9.17, 15) is 5.11 Å². The summed E-state index contributed by atoms with van der Waals surface area (Å²) in [5.41, 5.74) is 7.11. The van der Waals surface area contributed by atoms with Crippen LogP contribution in [0.2, 0.25) is 36.3 Å². The fourth-order valence-electron chi connectivity index (χ4n) is 3.44. The van der Waals surface area contributed by atoms with Crippen molar-refractivity contribution in [3.63, 3.8) is 0 Å². The lowest BCUT2D eigenvalue weighted by molar-refractivity contribution is -0.0491. The zero-order valence-corrected chi connectivity index (χ0v) is 23.7. The maximum absolute atomic E-state index is 10.3. The number of rotatable bonds is 6. The van der Waals surface area contributed by atoms with Crippen molar-refractivity contribution in [2.75, 3.05) is 12.3 Å². The van der Waals surface area contributed by atoms with Crippen molar-refractivity contribution in [1.29, 1.82) is 0 Å². The summed E-state index contributed by atoms with van der Waals surface area (Å²) in [6.07, 6.45) is 1.12. The van der Waals surface area contributed by atoms with Gasteiger partial charge in [0.1, 0.15) is 30.2 Å². The second kappa shape index (κ2) is 8.69. The van der Waals surface area contributed by atoms with Gasteiger partial charge < -0.3 is 24.4 Å². The minimum absolute atomic E-state index is 0.00397. The van der Waals surface area contributed by atoms with Crippen molar-refractivity contribution in [2.45, 2.75) is 102 Å². The third kappa shape index (κ3) is 4.89. The summed E-state index contributed by atoms with van der Waals surface area (Å²) < 4.78 is 22.1.